The van der Waals surface area contributed by atoms with E-state index in [4.69, 9.17) is 0 Å². The normalized spacial score (nSPS) is 15.0. The molecule has 1 aliphatic rings. The second-order valence-corrected chi connectivity index (χ2v) is 7.42. The number of aromatic nitrogens is 1. The summed E-state index contributed by atoms with van der Waals surface area (Å²) in [5.74, 6) is -0.0165. The van der Waals surface area contributed by atoms with Crippen LogP contribution in [0.15, 0.2) is 85.2 Å². The van der Waals surface area contributed by atoms with Gasteiger partial charge in [0.25, 0.3) is 0 Å². The summed E-state index contributed by atoms with van der Waals surface area (Å²) in [6.07, 6.45) is 3.99. The lowest BCUT2D eigenvalue weighted by Crippen LogP contribution is -3.13. The van der Waals surface area contributed by atoms with Crippen LogP contribution in [-0.4, -0.2) is 37.0 Å². The number of H-pyrrole nitrogens is 1. The van der Waals surface area contributed by atoms with Crippen molar-refractivity contribution in [3.05, 3.63) is 102 Å². The summed E-state index contributed by atoms with van der Waals surface area (Å²) in [7, 11) is 0. The molecule has 0 spiro atoms. The summed E-state index contributed by atoms with van der Waals surface area (Å²) < 4.78 is 0. The molecule has 2 N–H and O–H groups in total. The van der Waals surface area contributed by atoms with Crippen molar-refractivity contribution in [3.8, 4) is 0 Å². The molecule has 2 heterocycles. The van der Waals surface area contributed by atoms with E-state index >= 15 is 0 Å². The molecule has 4 heteroatoms. The fraction of sp³-hybridized carbons (Fsp3) is 0.250. The maximum atomic E-state index is 13.5. The highest BCUT2D eigenvalue weighted by Crippen LogP contribution is 2.26. The minimum Gasteiger partial charge on any atom is -0.331 e. The number of pyridine rings is 1. The molecule has 4 nitrogen and oxygen atoms in total. The summed E-state index contributed by atoms with van der Waals surface area (Å²) in [4.78, 5) is 20.2. The Morgan fingerprint density at radius 3 is 2.04 bits per heavy atom. The van der Waals surface area contributed by atoms with E-state index < -0.39 is 0 Å². The van der Waals surface area contributed by atoms with Crippen LogP contribution >= 0.6 is 0 Å². The number of hydrogen-bond donors (Lipinski definition) is 1. The zero-order chi connectivity index (χ0) is 19.2. The van der Waals surface area contributed by atoms with Crippen LogP contribution in [0.1, 0.15) is 22.6 Å². The molecule has 142 valence electrons. The molecule has 0 unspecified atom stereocenters. The van der Waals surface area contributed by atoms with E-state index in [1.54, 1.807) is 0 Å². The van der Waals surface area contributed by atoms with Crippen molar-refractivity contribution in [1.29, 1.82) is 0 Å². The second-order valence-electron chi connectivity index (χ2n) is 7.42. The molecule has 0 atom stereocenters. The Bertz CT molecular complexity index is 836. The van der Waals surface area contributed by atoms with E-state index in [2.05, 4.69) is 41.5 Å². The van der Waals surface area contributed by atoms with Gasteiger partial charge in [0.1, 0.15) is 6.54 Å². The molecular formula is C24H27N3O+2. The molecule has 1 saturated heterocycles. The molecule has 4 rings (SSSR count). The van der Waals surface area contributed by atoms with Gasteiger partial charge in [-0.2, -0.15) is 0 Å². The van der Waals surface area contributed by atoms with Crippen molar-refractivity contribution in [2.45, 2.75) is 12.5 Å². The maximum absolute atomic E-state index is 13.5. The summed E-state index contributed by atoms with van der Waals surface area (Å²) >= 11 is 0. The standard InChI is InChI=1S/C24H25N3O/c28-24(23(21-9-3-1-4-10-21)22-11-5-2-6-12-22)27-16-14-26(15-17-27)19-20-8-7-13-25-18-20/h1-13,18,23H,14-17,19H2/p+2. The number of nitrogens with one attached hydrogen (secondary N) is 2. The van der Waals surface area contributed by atoms with Crippen molar-refractivity contribution in [2.75, 3.05) is 26.2 Å². The first-order valence-corrected chi connectivity index (χ1v) is 9.98. The lowest BCUT2D eigenvalue weighted by molar-refractivity contribution is -0.917. The zero-order valence-electron chi connectivity index (χ0n) is 16.1. The Hall–Kier alpha value is -2.98. The van der Waals surface area contributed by atoms with Gasteiger partial charge < -0.3 is 9.80 Å². The van der Waals surface area contributed by atoms with Gasteiger partial charge in [-0.05, 0) is 17.2 Å². The third kappa shape index (κ3) is 4.29. The predicted molar refractivity (Wildman–Crippen MR) is 109 cm³/mol. The average molecular weight is 374 g/mol. The Kier molecular flexibility index (Phi) is 5.78. The predicted octanol–water partition coefficient (Wildman–Crippen LogP) is 1.56. The molecule has 1 aromatic heterocycles. The highest BCUT2D eigenvalue weighted by molar-refractivity contribution is 5.87. The molecule has 1 fully saturated rings. The number of rotatable bonds is 5. The monoisotopic (exact) mass is 373 g/mol. The first kappa shape index (κ1) is 18.4. The average Bonchev–Trinajstić information content (AvgIpc) is 2.77. The lowest BCUT2D eigenvalue weighted by Gasteiger charge is -2.34. The molecule has 0 aliphatic carbocycles. The third-order valence-corrected chi connectivity index (χ3v) is 5.52. The van der Waals surface area contributed by atoms with Crippen LogP contribution in [0.25, 0.3) is 0 Å². The Morgan fingerprint density at radius 2 is 1.50 bits per heavy atom. The number of amides is 1. The van der Waals surface area contributed by atoms with Gasteiger partial charge in [-0.15, -0.1) is 0 Å². The van der Waals surface area contributed by atoms with E-state index in [1.807, 2.05) is 53.6 Å². The van der Waals surface area contributed by atoms with E-state index in [9.17, 15) is 4.79 Å². The number of benzene rings is 2. The van der Waals surface area contributed by atoms with E-state index in [1.165, 1.54) is 10.5 Å². The van der Waals surface area contributed by atoms with Gasteiger partial charge in [-0.1, -0.05) is 60.7 Å². The van der Waals surface area contributed by atoms with Gasteiger partial charge in [-0.25, -0.2) is 4.98 Å². The van der Waals surface area contributed by atoms with Gasteiger partial charge in [0, 0.05) is 6.07 Å². The molecule has 0 bridgehead atoms. The van der Waals surface area contributed by atoms with Crippen molar-refractivity contribution >= 4 is 5.91 Å². The van der Waals surface area contributed by atoms with Crippen LogP contribution in [0.5, 0.6) is 0 Å². The minimum absolute atomic E-state index is 0.212. The number of aromatic amines is 1. The fourth-order valence-corrected chi connectivity index (χ4v) is 4.00. The summed E-state index contributed by atoms with van der Waals surface area (Å²) in [6.45, 7) is 4.58. The molecule has 0 radical (unpaired) electrons. The number of piperazine rings is 1. The summed E-state index contributed by atoms with van der Waals surface area (Å²) in [5, 5.41) is 0. The highest BCUT2D eigenvalue weighted by atomic mass is 16.2. The van der Waals surface area contributed by atoms with Gasteiger partial charge in [-0.3, -0.25) is 4.79 Å². The van der Waals surface area contributed by atoms with Crippen LogP contribution in [0, 0.1) is 0 Å². The molecule has 2 aromatic carbocycles. The molecule has 28 heavy (non-hydrogen) atoms. The molecular weight excluding hydrogens is 346 g/mol. The molecule has 1 amide bonds. The van der Waals surface area contributed by atoms with Crippen LogP contribution in [0.3, 0.4) is 0 Å². The Morgan fingerprint density at radius 1 is 0.893 bits per heavy atom. The smallest absolute Gasteiger partial charge is 0.234 e. The SMILES string of the molecule is O=C(C(c1ccccc1)c1ccccc1)N1CC[NH+](Cc2ccc[nH+]c2)CC1. The van der Waals surface area contributed by atoms with Crippen molar-refractivity contribution in [3.63, 3.8) is 0 Å². The fourth-order valence-electron chi connectivity index (χ4n) is 4.00. The van der Waals surface area contributed by atoms with E-state index in [-0.39, 0.29) is 11.8 Å². The molecule has 1 aliphatic heterocycles. The van der Waals surface area contributed by atoms with E-state index in [0.29, 0.717) is 0 Å². The number of carbonyl (C=O) groups excluding carboxylic acids is 1. The topological polar surface area (TPSA) is 38.9 Å². The Labute approximate surface area is 166 Å². The van der Waals surface area contributed by atoms with Gasteiger partial charge in [0.05, 0.1) is 37.7 Å². The summed E-state index contributed by atoms with van der Waals surface area (Å²) in [5.41, 5.74) is 3.44. The van der Waals surface area contributed by atoms with Gasteiger partial charge in [0.2, 0.25) is 5.91 Å². The molecule has 0 saturated carbocycles. The van der Waals surface area contributed by atoms with E-state index in [0.717, 1.165) is 43.9 Å². The second kappa shape index (κ2) is 8.81. The van der Waals surface area contributed by atoms with Gasteiger partial charge in [0.15, 0.2) is 12.4 Å². The van der Waals surface area contributed by atoms with Crippen LogP contribution < -0.4 is 9.88 Å². The number of nitrogens with zero attached hydrogens (tertiary/aromatic N) is 1. The first-order chi connectivity index (χ1) is 13.8. The van der Waals surface area contributed by atoms with Crippen LogP contribution in [0.4, 0.5) is 0 Å². The Balaban J connectivity index is 1.46. The quantitative estimate of drug-likeness (QED) is 0.724. The lowest BCUT2D eigenvalue weighted by atomic mass is 9.90. The largest absolute Gasteiger partial charge is 0.331 e. The zero-order valence-corrected chi connectivity index (χ0v) is 16.1. The number of carbonyl (C=O) groups is 1. The number of hydrogen-bond acceptors (Lipinski definition) is 1. The van der Waals surface area contributed by atoms with Crippen molar-refractivity contribution in [1.82, 2.24) is 4.90 Å². The van der Waals surface area contributed by atoms with Gasteiger partial charge >= 0.3 is 0 Å². The maximum Gasteiger partial charge on any atom is 0.234 e. The summed E-state index contributed by atoms with van der Waals surface area (Å²) in [6, 6.07) is 24.5. The molecule has 3 aromatic rings. The van der Waals surface area contributed by atoms with Crippen LogP contribution in [0.2, 0.25) is 0 Å². The van der Waals surface area contributed by atoms with Crippen LogP contribution in [-0.2, 0) is 11.3 Å². The van der Waals surface area contributed by atoms with Crippen molar-refractivity contribution < 1.29 is 14.7 Å². The highest BCUT2D eigenvalue weighted by Gasteiger charge is 2.31. The number of quaternary nitrogens is 1. The van der Waals surface area contributed by atoms with Crippen molar-refractivity contribution in [2.24, 2.45) is 0 Å². The minimum atomic E-state index is -0.229. The first-order valence-electron chi connectivity index (χ1n) is 9.98. The third-order valence-electron chi connectivity index (χ3n) is 5.52.